The lowest BCUT2D eigenvalue weighted by atomic mass is 9.99. The summed E-state index contributed by atoms with van der Waals surface area (Å²) in [7, 11) is 1.63. The van der Waals surface area contributed by atoms with Crippen LogP contribution in [0.3, 0.4) is 0 Å². The summed E-state index contributed by atoms with van der Waals surface area (Å²) in [6.45, 7) is 1.50. The van der Waals surface area contributed by atoms with E-state index in [1.165, 1.54) is 12.1 Å². The Morgan fingerprint density at radius 2 is 1.93 bits per heavy atom. The number of benzene rings is 2. The fourth-order valence-corrected chi connectivity index (χ4v) is 4.35. The van der Waals surface area contributed by atoms with Gasteiger partial charge in [-0.25, -0.2) is 4.39 Å². The Bertz CT molecular complexity index is 825. The normalized spacial score (nSPS) is 23.9. The maximum atomic E-state index is 13.4. The molecular formula is C22H24FNO3. The van der Waals surface area contributed by atoms with Crippen LogP contribution in [0.2, 0.25) is 0 Å². The van der Waals surface area contributed by atoms with Gasteiger partial charge >= 0.3 is 0 Å². The third-order valence-electron chi connectivity index (χ3n) is 5.72. The summed E-state index contributed by atoms with van der Waals surface area (Å²) >= 11 is 0. The molecule has 1 saturated heterocycles. The molecule has 1 heterocycles. The monoisotopic (exact) mass is 369 g/mol. The van der Waals surface area contributed by atoms with Crippen molar-refractivity contribution in [3.05, 3.63) is 59.9 Å². The van der Waals surface area contributed by atoms with Crippen LogP contribution in [-0.2, 0) is 11.2 Å². The molecule has 0 spiro atoms. The van der Waals surface area contributed by atoms with Gasteiger partial charge in [-0.3, -0.25) is 4.79 Å². The quantitative estimate of drug-likeness (QED) is 0.807. The van der Waals surface area contributed by atoms with Crippen molar-refractivity contribution in [1.82, 2.24) is 4.90 Å². The summed E-state index contributed by atoms with van der Waals surface area (Å²) < 4.78 is 24.7. The number of ether oxygens (including phenoxy) is 2. The molecule has 2 aromatic rings. The molecule has 2 aliphatic rings. The van der Waals surface area contributed by atoms with Gasteiger partial charge in [0.25, 0.3) is 0 Å². The van der Waals surface area contributed by atoms with Gasteiger partial charge in [0, 0.05) is 25.1 Å². The molecule has 4 rings (SSSR count). The predicted molar refractivity (Wildman–Crippen MR) is 100 cm³/mol. The molecule has 1 aliphatic heterocycles. The summed E-state index contributed by atoms with van der Waals surface area (Å²) in [5.74, 6) is 1.98. The van der Waals surface area contributed by atoms with Crippen molar-refractivity contribution < 1.29 is 18.7 Å². The van der Waals surface area contributed by atoms with E-state index in [9.17, 15) is 9.18 Å². The van der Waals surface area contributed by atoms with E-state index in [0.29, 0.717) is 30.6 Å². The highest BCUT2D eigenvalue weighted by atomic mass is 19.1. The second-order valence-corrected chi connectivity index (χ2v) is 7.44. The van der Waals surface area contributed by atoms with Crippen molar-refractivity contribution in [2.45, 2.75) is 25.4 Å². The maximum absolute atomic E-state index is 13.4. The van der Waals surface area contributed by atoms with Crippen LogP contribution in [-0.4, -0.2) is 37.1 Å². The number of likely N-dealkylation sites (tertiary alicyclic amines) is 1. The van der Waals surface area contributed by atoms with Crippen molar-refractivity contribution in [1.29, 1.82) is 0 Å². The number of nitrogens with zero attached hydrogens (tertiary/aromatic N) is 1. The van der Waals surface area contributed by atoms with Gasteiger partial charge in [0.15, 0.2) is 0 Å². The van der Waals surface area contributed by atoms with Crippen LogP contribution in [0.5, 0.6) is 11.5 Å². The van der Waals surface area contributed by atoms with Gasteiger partial charge in [-0.2, -0.15) is 0 Å². The van der Waals surface area contributed by atoms with Crippen molar-refractivity contribution in [2.75, 3.05) is 20.2 Å². The Balaban J connectivity index is 1.38. The number of hydrogen-bond donors (Lipinski definition) is 0. The molecule has 0 N–H and O–H groups in total. The third kappa shape index (κ3) is 3.92. The van der Waals surface area contributed by atoms with E-state index in [-0.39, 0.29) is 17.8 Å². The molecule has 0 unspecified atom stereocenters. The SMILES string of the molecule is COc1cccc(CC(=O)N2C[C@@H]3CC[C@H](Oc4cccc(F)c4)[C@@H]3C2)c1. The molecule has 0 bridgehead atoms. The number of carbonyl (C=O) groups is 1. The molecule has 3 atom stereocenters. The third-order valence-corrected chi connectivity index (χ3v) is 5.72. The van der Waals surface area contributed by atoms with Crippen molar-refractivity contribution >= 4 is 5.91 Å². The minimum atomic E-state index is -0.288. The minimum absolute atomic E-state index is 0.0476. The Labute approximate surface area is 158 Å². The maximum Gasteiger partial charge on any atom is 0.227 e. The lowest BCUT2D eigenvalue weighted by Gasteiger charge is -2.22. The number of carbonyl (C=O) groups excluding carboxylic acids is 1. The lowest BCUT2D eigenvalue weighted by Crippen LogP contribution is -2.33. The number of hydrogen-bond acceptors (Lipinski definition) is 3. The highest BCUT2D eigenvalue weighted by molar-refractivity contribution is 5.79. The first-order chi connectivity index (χ1) is 13.1. The van der Waals surface area contributed by atoms with Gasteiger partial charge < -0.3 is 14.4 Å². The van der Waals surface area contributed by atoms with E-state index in [1.807, 2.05) is 29.2 Å². The summed E-state index contributed by atoms with van der Waals surface area (Å²) in [4.78, 5) is 14.7. The Morgan fingerprint density at radius 3 is 2.74 bits per heavy atom. The minimum Gasteiger partial charge on any atom is -0.497 e. The zero-order valence-corrected chi connectivity index (χ0v) is 15.4. The topological polar surface area (TPSA) is 38.8 Å². The van der Waals surface area contributed by atoms with E-state index in [1.54, 1.807) is 19.2 Å². The van der Waals surface area contributed by atoms with Gasteiger partial charge in [-0.15, -0.1) is 0 Å². The highest BCUT2D eigenvalue weighted by Crippen LogP contribution is 2.40. The number of halogens is 1. The molecule has 1 aliphatic carbocycles. The molecule has 1 saturated carbocycles. The zero-order valence-electron chi connectivity index (χ0n) is 15.4. The van der Waals surface area contributed by atoms with E-state index in [2.05, 4.69) is 0 Å². The molecule has 142 valence electrons. The van der Waals surface area contributed by atoms with Crippen LogP contribution < -0.4 is 9.47 Å². The van der Waals surface area contributed by atoms with Gasteiger partial charge in [0.1, 0.15) is 23.4 Å². The second-order valence-electron chi connectivity index (χ2n) is 7.44. The number of fused-ring (bicyclic) bond motifs is 1. The Kier molecular flexibility index (Phi) is 5.01. The summed E-state index contributed by atoms with van der Waals surface area (Å²) in [5.41, 5.74) is 0.962. The van der Waals surface area contributed by atoms with Crippen molar-refractivity contribution in [3.8, 4) is 11.5 Å². The van der Waals surface area contributed by atoms with Crippen LogP contribution in [0.1, 0.15) is 18.4 Å². The van der Waals surface area contributed by atoms with Crippen LogP contribution in [0.4, 0.5) is 4.39 Å². The predicted octanol–water partition coefficient (Wildman–Crippen LogP) is 3.69. The van der Waals surface area contributed by atoms with Crippen molar-refractivity contribution in [2.24, 2.45) is 11.8 Å². The summed E-state index contributed by atoms with van der Waals surface area (Å²) in [5, 5.41) is 0. The van der Waals surface area contributed by atoms with Gasteiger partial charge in [0.2, 0.25) is 5.91 Å². The average Bonchev–Trinajstić information content (AvgIpc) is 3.24. The first kappa shape index (κ1) is 17.8. The van der Waals surface area contributed by atoms with Crippen LogP contribution in [0.25, 0.3) is 0 Å². The Morgan fingerprint density at radius 1 is 1.11 bits per heavy atom. The number of methoxy groups -OCH3 is 1. The van der Waals surface area contributed by atoms with E-state index < -0.39 is 0 Å². The number of rotatable bonds is 5. The van der Waals surface area contributed by atoms with Crippen LogP contribution >= 0.6 is 0 Å². The average molecular weight is 369 g/mol. The van der Waals surface area contributed by atoms with Gasteiger partial charge in [-0.05, 0) is 48.6 Å². The van der Waals surface area contributed by atoms with Crippen molar-refractivity contribution in [3.63, 3.8) is 0 Å². The van der Waals surface area contributed by atoms with Crippen LogP contribution in [0, 0.1) is 17.7 Å². The smallest absolute Gasteiger partial charge is 0.227 e. The fraction of sp³-hybridized carbons (Fsp3) is 0.409. The van der Waals surface area contributed by atoms with E-state index >= 15 is 0 Å². The van der Waals surface area contributed by atoms with Gasteiger partial charge in [-0.1, -0.05) is 18.2 Å². The largest absolute Gasteiger partial charge is 0.497 e. The van der Waals surface area contributed by atoms with E-state index in [4.69, 9.17) is 9.47 Å². The molecule has 27 heavy (non-hydrogen) atoms. The molecule has 2 aromatic carbocycles. The second kappa shape index (κ2) is 7.59. The van der Waals surface area contributed by atoms with Gasteiger partial charge in [0.05, 0.1) is 13.5 Å². The Hall–Kier alpha value is -2.56. The molecular weight excluding hydrogens is 345 g/mol. The first-order valence-corrected chi connectivity index (χ1v) is 9.45. The first-order valence-electron chi connectivity index (χ1n) is 9.45. The molecule has 1 amide bonds. The molecule has 4 nitrogen and oxygen atoms in total. The molecule has 2 fully saturated rings. The number of amides is 1. The standard InChI is InChI=1S/C22H24FNO3/c1-26-18-6-2-4-15(10-18)11-22(25)24-13-16-8-9-21(20(16)14-24)27-19-7-3-5-17(23)12-19/h2-7,10,12,16,20-21H,8-9,11,13-14H2,1H3/t16-,20+,21-/m0/s1. The molecule has 0 radical (unpaired) electrons. The summed E-state index contributed by atoms with van der Waals surface area (Å²) in [6, 6.07) is 13.9. The van der Waals surface area contributed by atoms with E-state index in [0.717, 1.165) is 30.7 Å². The zero-order chi connectivity index (χ0) is 18.8. The van der Waals surface area contributed by atoms with Crippen LogP contribution in [0.15, 0.2) is 48.5 Å². The highest BCUT2D eigenvalue weighted by Gasteiger charge is 2.45. The molecule has 0 aromatic heterocycles. The fourth-order valence-electron chi connectivity index (χ4n) is 4.35. The summed E-state index contributed by atoms with van der Waals surface area (Å²) in [6.07, 6.45) is 2.44. The lowest BCUT2D eigenvalue weighted by molar-refractivity contribution is -0.129. The molecule has 5 heteroatoms.